The molecule has 2 N–H and O–H groups in total. The number of nitrogens with zero attached hydrogens (tertiary/aromatic N) is 2. The van der Waals surface area contributed by atoms with Crippen molar-refractivity contribution in [3.8, 4) is 0 Å². The van der Waals surface area contributed by atoms with Gasteiger partial charge < -0.3 is 20.4 Å². The number of carbonyl (C=O) groups excluding carboxylic acids is 2. The second kappa shape index (κ2) is 6.36. The van der Waals surface area contributed by atoms with Crippen molar-refractivity contribution in [3.63, 3.8) is 0 Å². The van der Waals surface area contributed by atoms with E-state index in [1.807, 2.05) is 43.1 Å². The minimum atomic E-state index is -0.592. The molecule has 2 rings (SSSR count). The van der Waals surface area contributed by atoms with Crippen LogP contribution in [-0.2, 0) is 9.59 Å². The Bertz CT molecular complexity index is 575. The first kappa shape index (κ1) is 16.3. The van der Waals surface area contributed by atoms with Crippen molar-refractivity contribution in [1.29, 1.82) is 0 Å². The number of likely N-dealkylation sites (N-methyl/N-ethyl adjacent to an activating group) is 3. The normalized spacial score (nSPS) is 22.9. The zero-order valence-electron chi connectivity index (χ0n) is 13.8. The maximum Gasteiger partial charge on any atom is 0.251 e. The minimum absolute atomic E-state index is 0.110. The predicted molar refractivity (Wildman–Crippen MR) is 88.2 cm³/mol. The summed E-state index contributed by atoms with van der Waals surface area (Å²) in [5, 5.41) is 5.76. The number of amides is 2. The number of para-hydroxylation sites is 2. The van der Waals surface area contributed by atoms with E-state index in [1.165, 1.54) is 0 Å². The van der Waals surface area contributed by atoms with Crippen molar-refractivity contribution in [3.05, 3.63) is 24.3 Å². The van der Waals surface area contributed by atoms with Gasteiger partial charge in [0.15, 0.2) is 0 Å². The number of fused-ring (bicyclic) bond motifs is 1. The fraction of sp³-hybridized carbons (Fsp3) is 0.500. The largest absolute Gasteiger partial charge is 0.368 e. The van der Waals surface area contributed by atoms with Crippen LogP contribution in [0.3, 0.4) is 0 Å². The van der Waals surface area contributed by atoms with Crippen LogP contribution in [-0.4, -0.2) is 51.1 Å². The zero-order valence-corrected chi connectivity index (χ0v) is 13.8. The van der Waals surface area contributed by atoms with Crippen LogP contribution < -0.4 is 20.4 Å². The van der Waals surface area contributed by atoms with Gasteiger partial charge in [-0.25, -0.2) is 0 Å². The van der Waals surface area contributed by atoms with Crippen molar-refractivity contribution in [2.45, 2.75) is 32.0 Å². The molecule has 1 aliphatic rings. The van der Waals surface area contributed by atoms with Crippen LogP contribution in [0.4, 0.5) is 11.4 Å². The molecule has 0 saturated heterocycles. The van der Waals surface area contributed by atoms with Gasteiger partial charge in [-0.15, -0.1) is 0 Å². The van der Waals surface area contributed by atoms with Crippen molar-refractivity contribution >= 4 is 23.2 Å². The molecule has 0 radical (unpaired) electrons. The number of anilines is 2. The van der Waals surface area contributed by atoms with Crippen molar-refractivity contribution < 1.29 is 9.59 Å². The molecule has 3 atom stereocenters. The molecule has 1 heterocycles. The van der Waals surface area contributed by atoms with E-state index < -0.39 is 6.04 Å². The molecule has 0 fully saturated rings. The predicted octanol–water partition coefficient (Wildman–Crippen LogP) is 0.580. The Morgan fingerprint density at radius 3 is 2.41 bits per heavy atom. The molecule has 1 aliphatic heterocycles. The highest BCUT2D eigenvalue weighted by molar-refractivity contribution is 6.03. The van der Waals surface area contributed by atoms with Gasteiger partial charge in [0.05, 0.1) is 23.5 Å². The fourth-order valence-corrected chi connectivity index (χ4v) is 2.61. The summed E-state index contributed by atoms with van der Waals surface area (Å²) < 4.78 is 0. The summed E-state index contributed by atoms with van der Waals surface area (Å²) in [7, 11) is 5.40. The first-order chi connectivity index (χ1) is 10.4. The Hall–Kier alpha value is -2.08. The molecule has 6 nitrogen and oxygen atoms in total. The molecule has 1 aromatic rings. The Balaban J connectivity index is 2.35. The molecule has 22 heavy (non-hydrogen) atoms. The van der Waals surface area contributed by atoms with Gasteiger partial charge in [0.2, 0.25) is 5.91 Å². The highest BCUT2D eigenvalue weighted by atomic mass is 16.2. The Labute approximate surface area is 131 Å². The molecule has 0 saturated carbocycles. The molecule has 0 bridgehead atoms. The highest BCUT2D eigenvalue weighted by Crippen LogP contribution is 2.33. The fourth-order valence-electron chi connectivity index (χ4n) is 2.61. The third-order valence-electron chi connectivity index (χ3n) is 4.44. The molecule has 6 heteroatoms. The summed E-state index contributed by atoms with van der Waals surface area (Å²) in [5.74, 6) is -0.290. The number of carbonyl (C=O) groups is 2. The molecular formula is C16H24N4O2. The average molecular weight is 304 g/mol. The third kappa shape index (κ3) is 2.78. The third-order valence-corrected chi connectivity index (χ3v) is 4.44. The molecule has 1 aromatic carbocycles. The summed E-state index contributed by atoms with van der Waals surface area (Å²) in [6.07, 6.45) is 0. The lowest BCUT2D eigenvalue weighted by Gasteiger charge is -2.31. The standard InChI is InChI=1S/C16H24N4O2/c1-10(17-3)15(21)18-14-11(2)19(4)12-8-6-7-9-13(12)20(5)16(14)22/h6-11,14,17H,1-5H3,(H,18,21). The summed E-state index contributed by atoms with van der Waals surface area (Å²) >= 11 is 0. The quantitative estimate of drug-likeness (QED) is 0.857. The second-order valence-corrected chi connectivity index (χ2v) is 5.73. The Morgan fingerprint density at radius 2 is 1.82 bits per heavy atom. The van der Waals surface area contributed by atoms with E-state index >= 15 is 0 Å². The first-order valence-electron chi connectivity index (χ1n) is 7.45. The lowest BCUT2D eigenvalue weighted by atomic mass is 10.1. The minimum Gasteiger partial charge on any atom is -0.368 e. The van der Waals surface area contributed by atoms with E-state index in [0.717, 1.165) is 11.4 Å². The Kier molecular flexibility index (Phi) is 4.71. The van der Waals surface area contributed by atoms with E-state index in [4.69, 9.17) is 0 Å². The van der Waals surface area contributed by atoms with Gasteiger partial charge in [0.1, 0.15) is 6.04 Å². The van der Waals surface area contributed by atoms with E-state index in [0.29, 0.717) is 0 Å². The number of hydrogen-bond donors (Lipinski definition) is 2. The molecule has 0 aliphatic carbocycles. The van der Waals surface area contributed by atoms with E-state index in [9.17, 15) is 9.59 Å². The van der Waals surface area contributed by atoms with Crippen LogP contribution in [0.1, 0.15) is 13.8 Å². The number of hydrogen-bond acceptors (Lipinski definition) is 4. The first-order valence-corrected chi connectivity index (χ1v) is 7.45. The number of nitrogens with one attached hydrogen (secondary N) is 2. The van der Waals surface area contributed by atoms with Gasteiger partial charge in [0, 0.05) is 14.1 Å². The smallest absolute Gasteiger partial charge is 0.251 e. The SMILES string of the molecule is CNC(C)C(=O)NC1C(=O)N(C)c2ccccc2N(C)C1C. The van der Waals surface area contributed by atoms with Crippen LogP contribution in [0, 0.1) is 0 Å². The maximum atomic E-state index is 12.8. The molecule has 0 aromatic heterocycles. The van der Waals surface area contributed by atoms with E-state index in [1.54, 1.807) is 25.9 Å². The van der Waals surface area contributed by atoms with Gasteiger partial charge >= 0.3 is 0 Å². The second-order valence-electron chi connectivity index (χ2n) is 5.73. The Morgan fingerprint density at radius 1 is 1.23 bits per heavy atom. The average Bonchev–Trinajstić information content (AvgIpc) is 2.60. The van der Waals surface area contributed by atoms with Gasteiger partial charge in [-0.1, -0.05) is 12.1 Å². The van der Waals surface area contributed by atoms with Crippen LogP contribution in [0.2, 0.25) is 0 Å². The van der Waals surface area contributed by atoms with Crippen molar-refractivity contribution in [1.82, 2.24) is 10.6 Å². The summed E-state index contributed by atoms with van der Waals surface area (Å²) in [4.78, 5) is 28.6. The van der Waals surface area contributed by atoms with Crippen LogP contribution >= 0.6 is 0 Å². The van der Waals surface area contributed by atoms with E-state index in [2.05, 4.69) is 10.6 Å². The van der Waals surface area contributed by atoms with Crippen molar-refractivity contribution in [2.75, 3.05) is 30.9 Å². The summed E-state index contributed by atoms with van der Waals surface area (Å²) in [6.45, 7) is 3.71. The van der Waals surface area contributed by atoms with Gasteiger partial charge in [-0.2, -0.15) is 0 Å². The van der Waals surface area contributed by atoms with Gasteiger partial charge in [0.25, 0.3) is 5.91 Å². The molecular weight excluding hydrogens is 280 g/mol. The summed E-state index contributed by atoms with van der Waals surface area (Å²) in [6, 6.07) is 6.66. The van der Waals surface area contributed by atoms with Crippen molar-refractivity contribution in [2.24, 2.45) is 0 Å². The van der Waals surface area contributed by atoms with Crippen LogP contribution in [0.25, 0.3) is 0 Å². The van der Waals surface area contributed by atoms with Gasteiger partial charge in [-0.05, 0) is 33.0 Å². The molecule has 120 valence electrons. The topological polar surface area (TPSA) is 64.7 Å². The maximum absolute atomic E-state index is 12.8. The zero-order chi connectivity index (χ0) is 16.4. The van der Waals surface area contributed by atoms with Gasteiger partial charge in [-0.3, -0.25) is 9.59 Å². The molecule has 0 spiro atoms. The van der Waals surface area contributed by atoms with Crippen LogP contribution in [0.5, 0.6) is 0 Å². The highest BCUT2D eigenvalue weighted by Gasteiger charge is 2.37. The summed E-state index contributed by atoms with van der Waals surface area (Å²) in [5.41, 5.74) is 1.82. The number of benzene rings is 1. The van der Waals surface area contributed by atoms with E-state index in [-0.39, 0.29) is 23.9 Å². The van der Waals surface area contributed by atoms with Crippen LogP contribution in [0.15, 0.2) is 24.3 Å². The molecule has 2 amide bonds. The lowest BCUT2D eigenvalue weighted by Crippen LogP contribution is -2.58. The number of rotatable bonds is 3. The monoisotopic (exact) mass is 304 g/mol. The lowest BCUT2D eigenvalue weighted by molar-refractivity contribution is -0.128. The molecule has 3 unspecified atom stereocenters.